The third-order valence-electron chi connectivity index (χ3n) is 4.42. The molecule has 0 bridgehead atoms. The van der Waals surface area contributed by atoms with E-state index >= 15 is 0 Å². The van der Waals surface area contributed by atoms with Crippen LogP contribution < -0.4 is 5.32 Å². The second-order valence-corrected chi connectivity index (χ2v) is 7.39. The van der Waals surface area contributed by atoms with Crippen LogP contribution in [-0.2, 0) is 24.2 Å². The van der Waals surface area contributed by atoms with E-state index in [0.29, 0.717) is 24.3 Å². The number of rotatable bonds is 5. The molecule has 134 valence electrons. The van der Waals surface area contributed by atoms with Gasteiger partial charge in [-0.15, -0.1) is 0 Å². The van der Waals surface area contributed by atoms with Crippen molar-refractivity contribution in [3.8, 4) is 0 Å². The van der Waals surface area contributed by atoms with Crippen molar-refractivity contribution in [1.29, 1.82) is 0 Å². The molecule has 1 aliphatic heterocycles. The van der Waals surface area contributed by atoms with Gasteiger partial charge in [0.1, 0.15) is 11.6 Å². The van der Waals surface area contributed by atoms with Gasteiger partial charge < -0.3 is 14.9 Å². The monoisotopic (exact) mass is 429 g/mol. The zero-order valence-corrected chi connectivity index (χ0v) is 16.1. The molecule has 0 aliphatic carbocycles. The molecule has 0 spiro atoms. The maximum absolute atomic E-state index is 14.4. The lowest BCUT2D eigenvalue weighted by molar-refractivity contribution is -0.120. The molecule has 1 amide bonds. The van der Waals surface area contributed by atoms with Crippen LogP contribution in [0.25, 0.3) is 0 Å². The highest BCUT2D eigenvalue weighted by Gasteiger charge is 2.31. The number of nitrogens with one attached hydrogen (secondary N) is 2. The summed E-state index contributed by atoms with van der Waals surface area (Å²) in [6.07, 6.45) is 1.48. The maximum Gasteiger partial charge on any atom is 0.226 e. The summed E-state index contributed by atoms with van der Waals surface area (Å²) in [5, 5.41) is 2.82. The van der Waals surface area contributed by atoms with Crippen molar-refractivity contribution < 1.29 is 13.6 Å². The standard InChI is InChI=1S/C17H18BrF2N3OS/c1-2-5-21-14(24)7-12-13-6-9(8-23(13)17(25)22-12)15-11(19)4-3-10(18)16(15)20/h3-4,9H,2,5-8H2,1H3,(H,21,24)(H,22,25). The van der Waals surface area contributed by atoms with E-state index in [1.807, 2.05) is 11.5 Å². The molecule has 0 saturated heterocycles. The van der Waals surface area contributed by atoms with Gasteiger partial charge in [0.2, 0.25) is 5.91 Å². The fraction of sp³-hybridized carbons (Fsp3) is 0.412. The second-order valence-electron chi connectivity index (χ2n) is 6.15. The van der Waals surface area contributed by atoms with E-state index in [1.54, 1.807) is 0 Å². The van der Waals surface area contributed by atoms with Crippen molar-refractivity contribution in [2.75, 3.05) is 6.54 Å². The van der Waals surface area contributed by atoms with Crippen molar-refractivity contribution >= 4 is 34.1 Å². The summed E-state index contributed by atoms with van der Waals surface area (Å²) in [7, 11) is 0. The van der Waals surface area contributed by atoms with Gasteiger partial charge in [-0.05, 0) is 53.1 Å². The first-order chi connectivity index (χ1) is 11.9. The Labute approximate surface area is 157 Å². The fourth-order valence-corrected chi connectivity index (χ4v) is 3.90. The Morgan fingerprint density at radius 2 is 2.24 bits per heavy atom. The third-order valence-corrected chi connectivity index (χ3v) is 5.35. The number of hydrogen-bond acceptors (Lipinski definition) is 2. The van der Waals surface area contributed by atoms with Crippen LogP contribution in [-0.4, -0.2) is 22.0 Å². The number of carbonyl (C=O) groups excluding carboxylic acids is 1. The van der Waals surface area contributed by atoms with Crippen LogP contribution in [0.2, 0.25) is 0 Å². The number of hydrogen-bond donors (Lipinski definition) is 2. The molecule has 0 radical (unpaired) electrons. The Morgan fingerprint density at radius 1 is 1.48 bits per heavy atom. The van der Waals surface area contributed by atoms with Crippen molar-refractivity contribution in [3.63, 3.8) is 0 Å². The number of benzene rings is 1. The summed E-state index contributed by atoms with van der Waals surface area (Å²) >= 11 is 8.42. The van der Waals surface area contributed by atoms with Crippen molar-refractivity contribution in [2.45, 2.75) is 38.6 Å². The first kappa shape index (κ1) is 18.3. The van der Waals surface area contributed by atoms with Crippen LogP contribution >= 0.6 is 28.1 Å². The summed E-state index contributed by atoms with van der Waals surface area (Å²) in [5.74, 6) is -1.58. The Morgan fingerprint density at radius 3 is 2.96 bits per heavy atom. The molecular weight excluding hydrogens is 412 g/mol. The second kappa shape index (κ2) is 7.37. The molecule has 4 nitrogen and oxygen atoms in total. The molecule has 25 heavy (non-hydrogen) atoms. The van der Waals surface area contributed by atoms with E-state index in [1.165, 1.54) is 12.1 Å². The van der Waals surface area contributed by atoms with E-state index in [0.717, 1.165) is 17.8 Å². The van der Waals surface area contributed by atoms with Crippen LogP contribution in [0.4, 0.5) is 8.78 Å². The number of carbonyl (C=O) groups is 1. The minimum Gasteiger partial charge on any atom is -0.356 e. The Hall–Kier alpha value is -1.54. The van der Waals surface area contributed by atoms with Crippen molar-refractivity contribution in [2.24, 2.45) is 0 Å². The van der Waals surface area contributed by atoms with E-state index in [4.69, 9.17) is 12.2 Å². The van der Waals surface area contributed by atoms with Crippen LogP contribution in [0.5, 0.6) is 0 Å². The molecule has 2 heterocycles. The Balaban J connectivity index is 1.87. The SMILES string of the molecule is CCCNC(=O)Cc1[nH]c(=S)n2c1CC(c1c(F)ccc(Br)c1F)C2. The number of amides is 1. The molecule has 1 aromatic carbocycles. The highest BCUT2D eigenvalue weighted by atomic mass is 79.9. The van der Waals surface area contributed by atoms with E-state index in [2.05, 4.69) is 26.2 Å². The zero-order valence-electron chi connectivity index (χ0n) is 13.7. The summed E-state index contributed by atoms with van der Waals surface area (Å²) < 4.78 is 31.1. The Bertz CT molecular complexity index is 878. The smallest absolute Gasteiger partial charge is 0.226 e. The fourth-order valence-electron chi connectivity index (χ4n) is 3.24. The molecule has 0 saturated carbocycles. The van der Waals surface area contributed by atoms with Crippen LogP contribution in [0.15, 0.2) is 16.6 Å². The van der Waals surface area contributed by atoms with Gasteiger partial charge in [0, 0.05) is 36.0 Å². The first-order valence-electron chi connectivity index (χ1n) is 8.13. The lowest BCUT2D eigenvalue weighted by atomic mass is 9.95. The number of aromatic nitrogens is 2. The highest BCUT2D eigenvalue weighted by Crippen LogP contribution is 2.36. The number of halogens is 3. The lowest BCUT2D eigenvalue weighted by Crippen LogP contribution is -2.26. The Kier molecular flexibility index (Phi) is 5.38. The van der Waals surface area contributed by atoms with E-state index < -0.39 is 11.6 Å². The topological polar surface area (TPSA) is 49.8 Å². The molecule has 1 unspecified atom stereocenters. The van der Waals surface area contributed by atoms with Crippen molar-refractivity contribution in [3.05, 3.63) is 50.0 Å². The normalized spacial score (nSPS) is 16.1. The summed E-state index contributed by atoms with van der Waals surface area (Å²) in [6, 6.07) is 2.62. The van der Waals surface area contributed by atoms with Gasteiger partial charge in [0.25, 0.3) is 0 Å². The number of H-pyrrole nitrogens is 1. The molecule has 1 aromatic heterocycles. The number of imidazole rings is 1. The predicted octanol–water partition coefficient (Wildman–Crippen LogP) is 3.99. The van der Waals surface area contributed by atoms with Gasteiger partial charge >= 0.3 is 0 Å². The molecule has 8 heteroatoms. The summed E-state index contributed by atoms with van der Waals surface area (Å²) in [6.45, 7) is 2.99. The largest absolute Gasteiger partial charge is 0.356 e. The molecule has 0 fully saturated rings. The third kappa shape index (κ3) is 3.55. The molecular formula is C17H18BrF2N3OS. The minimum atomic E-state index is -0.576. The van der Waals surface area contributed by atoms with Crippen LogP contribution in [0.1, 0.15) is 36.2 Å². The summed E-state index contributed by atoms with van der Waals surface area (Å²) in [5.41, 5.74) is 1.63. The van der Waals surface area contributed by atoms with Gasteiger partial charge in [0.15, 0.2) is 4.77 Å². The van der Waals surface area contributed by atoms with Gasteiger partial charge in [-0.1, -0.05) is 6.92 Å². The molecule has 2 N–H and O–H groups in total. The minimum absolute atomic E-state index is 0.0638. The van der Waals surface area contributed by atoms with E-state index in [-0.39, 0.29) is 28.3 Å². The zero-order chi connectivity index (χ0) is 18.1. The van der Waals surface area contributed by atoms with Crippen LogP contribution in [0, 0.1) is 16.4 Å². The van der Waals surface area contributed by atoms with Gasteiger partial charge in [0.05, 0.1) is 10.9 Å². The van der Waals surface area contributed by atoms with Gasteiger partial charge in [-0.2, -0.15) is 0 Å². The number of fused-ring (bicyclic) bond motifs is 1. The average Bonchev–Trinajstić information content (AvgIpc) is 3.11. The number of aromatic amines is 1. The molecule has 3 rings (SSSR count). The van der Waals surface area contributed by atoms with E-state index in [9.17, 15) is 13.6 Å². The van der Waals surface area contributed by atoms with Gasteiger partial charge in [-0.3, -0.25) is 4.79 Å². The highest BCUT2D eigenvalue weighted by molar-refractivity contribution is 9.10. The summed E-state index contributed by atoms with van der Waals surface area (Å²) in [4.78, 5) is 15.0. The molecule has 1 atom stereocenters. The average molecular weight is 430 g/mol. The maximum atomic E-state index is 14.4. The van der Waals surface area contributed by atoms with Crippen molar-refractivity contribution in [1.82, 2.24) is 14.9 Å². The first-order valence-corrected chi connectivity index (χ1v) is 9.33. The number of nitrogens with zero attached hydrogens (tertiary/aromatic N) is 1. The quantitative estimate of drug-likeness (QED) is 0.557. The molecule has 1 aliphatic rings. The lowest BCUT2D eigenvalue weighted by Gasteiger charge is -2.13. The predicted molar refractivity (Wildman–Crippen MR) is 97.1 cm³/mol. The van der Waals surface area contributed by atoms with Crippen LogP contribution in [0.3, 0.4) is 0 Å². The molecule has 2 aromatic rings. The van der Waals surface area contributed by atoms with Gasteiger partial charge in [-0.25, -0.2) is 8.78 Å².